The third-order valence-corrected chi connectivity index (χ3v) is 3.06. The van der Waals surface area contributed by atoms with E-state index in [0.717, 1.165) is 7.11 Å². The van der Waals surface area contributed by atoms with Crippen LogP contribution in [0.15, 0.2) is 0 Å². The highest BCUT2D eigenvalue weighted by Crippen LogP contribution is 2.41. The van der Waals surface area contributed by atoms with Gasteiger partial charge < -0.3 is 19.8 Å². The Morgan fingerprint density at radius 1 is 1.53 bits per heavy atom. The van der Waals surface area contributed by atoms with Gasteiger partial charge in [0.1, 0.15) is 6.04 Å². The first-order chi connectivity index (χ1) is 6.78. The molecule has 1 amide bonds. The van der Waals surface area contributed by atoms with E-state index in [-0.39, 0.29) is 12.6 Å². The summed E-state index contributed by atoms with van der Waals surface area (Å²) in [7, 11) is -2.66. The predicted octanol–water partition coefficient (Wildman–Crippen LogP) is -0.202. The van der Waals surface area contributed by atoms with E-state index < -0.39 is 25.5 Å². The van der Waals surface area contributed by atoms with Gasteiger partial charge in [-0.2, -0.15) is 0 Å². The van der Waals surface area contributed by atoms with Gasteiger partial charge in [-0.15, -0.1) is 0 Å². The van der Waals surface area contributed by atoms with Crippen LogP contribution in [0.3, 0.4) is 0 Å². The molecule has 0 rings (SSSR count). The molecule has 2 atom stereocenters. The highest BCUT2D eigenvalue weighted by atomic mass is 31.2. The maximum absolute atomic E-state index is 11.0. The Hall–Kier alpha value is -0.910. The summed E-state index contributed by atoms with van der Waals surface area (Å²) in [6.07, 6.45) is -0.475. The Kier molecular flexibility index (Phi) is 5.49. The second-order valence-electron chi connectivity index (χ2n) is 2.92. The number of rotatable bonds is 6. The van der Waals surface area contributed by atoms with Crippen molar-refractivity contribution < 1.29 is 28.7 Å². The number of carboxylic acid groups (broad SMARTS) is 1. The Morgan fingerprint density at radius 2 is 2.07 bits per heavy atom. The molecule has 0 bridgehead atoms. The molecule has 0 heterocycles. The van der Waals surface area contributed by atoms with Crippen molar-refractivity contribution in [1.82, 2.24) is 5.32 Å². The number of carbonyl (C=O) groups excluding carboxylic acids is 1. The lowest BCUT2D eigenvalue weighted by Gasteiger charge is -2.14. The molecule has 0 fully saturated rings. The van der Waals surface area contributed by atoms with E-state index in [2.05, 4.69) is 9.84 Å². The maximum atomic E-state index is 11.0. The standard InChI is InChI=1S/C7H14NO6P/c1-5(9)8-6(7(10)11)3-4-15(12,13)14-2/h6H,3-4H2,1-2H3,(H,8,9)(H,10,11)(H,12,13). The molecule has 0 spiro atoms. The number of carboxylic acids is 1. The van der Waals surface area contributed by atoms with Crippen LogP contribution in [-0.2, 0) is 18.7 Å². The van der Waals surface area contributed by atoms with Gasteiger partial charge in [0, 0.05) is 14.0 Å². The van der Waals surface area contributed by atoms with Crippen molar-refractivity contribution in [2.24, 2.45) is 0 Å². The molecular formula is C7H14NO6P. The van der Waals surface area contributed by atoms with Gasteiger partial charge >= 0.3 is 13.6 Å². The molecule has 15 heavy (non-hydrogen) atoms. The minimum absolute atomic E-state index is 0.156. The van der Waals surface area contributed by atoms with E-state index >= 15 is 0 Å². The van der Waals surface area contributed by atoms with Gasteiger partial charge in [-0.3, -0.25) is 9.36 Å². The first-order valence-electron chi connectivity index (χ1n) is 4.16. The summed E-state index contributed by atoms with van der Waals surface area (Å²) >= 11 is 0. The van der Waals surface area contributed by atoms with Crippen LogP contribution in [0, 0.1) is 0 Å². The average molecular weight is 239 g/mol. The molecule has 0 saturated heterocycles. The van der Waals surface area contributed by atoms with Gasteiger partial charge in [-0.1, -0.05) is 0 Å². The molecule has 0 aliphatic heterocycles. The summed E-state index contributed by atoms with van der Waals surface area (Å²) < 4.78 is 15.3. The van der Waals surface area contributed by atoms with Crippen molar-refractivity contribution >= 4 is 19.5 Å². The van der Waals surface area contributed by atoms with Gasteiger partial charge in [0.2, 0.25) is 5.91 Å². The van der Waals surface area contributed by atoms with Crippen LogP contribution in [-0.4, -0.2) is 41.2 Å². The van der Waals surface area contributed by atoms with Crippen molar-refractivity contribution in [3.05, 3.63) is 0 Å². The minimum atomic E-state index is -3.73. The molecule has 0 aromatic carbocycles. The van der Waals surface area contributed by atoms with Crippen molar-refractivity contribution in [2.75, 3.05) is 13.3 Å². The third kappa shape index (κ3) is 6.22. The summed E-state index contributed by atoms with van der Waals surface area (Å²) in [5, 5.41) is 10.8. The van der Waals surface area contributed by atoms with Gasteiger partial charge in [0.25, 0.3) is 0 Å². The van der Waals surface area contributed by atoms with E-state index in [1.54, 1.807) is 0 Å². The molecular weight excluding hydrogens is 225 g/mol. The molecule has 0 aromatic rings. The van der Waals surface area contributed by atoms with E-state index in [1.807, 2.05) is 0 Å². The molecule has 0 radical (unpaired) electrons. The summed E-state index contributed by atoms with van der Waals surface area (Å²) in [5.74, 6) is -1.76. The highest BCUT2D eigenvalue weighted by Gasteiger charge is 2.24. The molecule has 0 aliphatic rings. The first-order valence-corrected chi connectivity index (χ1v) is 5.92. The topological polar surface area (TPSA) is 113 Å². The van der Waals surface area contributed by atoms with Gasteiger partial charge in [0.05, 0.1) is 6.16 Å². The smallest absolute Gasteiger partial charge is 0.327 e. The average Bonchev–Trinajstić information content (AvgIpc) is 2.11. The maximum Gasteiger partial charge on any atom is 0.327 e. The number of amides is 1. The summed E-state index contributed by atoms with van der Waals surface area (Å²) in [5.41, 5.74) is 0. The lowest BCUT2D eigenvalue weighted by Crippen LogP contribution is -2.40. The van der Waals surface area contributed by atoms with Gasteiger partial charge in [-0.05, 0) is 6.42 Å². The molecule has 3 N–H and O–H groups in total. The summed E-state index contributed by atoms with van der Waals surface area (Å²) in [4.78, 5) is 30.2. The van der Waals surface area contributed by atoms with Crippen LogP contribution in [0.25, 0.3) is 0 Å². The predicted molar refractivity (Wildman–Crippen MR) is 51.6 cm³/mol. The molecule has 0 saturated carbocycles. The first kappa shape index (κ1) is 14.1. The number of hydrogen-bond acceptors (Lipinski definition) is 4. The molecule has 0 aromatic heterocycles. The lowest BCUT2D eigenvalue weighted by molar-refractivity contribution is -0.141. The second kappa shape index (κ2) is 5.85. The van der Waals surface area contributed by atoms with Crippen molar-refractivity contribution in [3.8, 4) is 0 Å². The monoisotopic (exact) mass is 239 g/mol. The zero-order valence-corrected chi connectivity index (χ0v) is 9.36. The fraction of sp³-hybridized carbons (Fsp3) is 0.714. The van der Waals surface area contributed by atoms with E-state index in [0.29, 0.717) is 0 Å². The lowest BCUT2D eigenvalue weighted by atomic mass is 10.2. The number of hydrogen-bond donors (Lipinski definition) is 3. The van der Waals surface area contributed by atoms with Crippen LogP contribution in [0.4, 0.5) is 0 Å². The van der Waals surface area contributed by atoms with Crippen LogP contribution in [0.2, 0.25) is 0 Å². The number of aliphatic carboxylic acids is 1. The number of carbonyl (C=O) groups is 2. The van der Waals surface area contributed by atoms with Crippen LogP contribution in [0.5, 0.6) is 0 Å². The zero-order valence-electron chi connectivity index (χ0n) is 8.47. The summed E-state index contributed by atoms with van der Waals surface area (Å²) in [6.45, 7) is 1.17. The Labute approximate surface area is 87.0 Å². The highest BCUT2D eigenvalue weighted by molar-refractivity contribution is 7.52. The van der Waals surface area contributed by atoms with Gasteiger partial charge in [0.15, 0.2) is 0 Å². The Morgan fingerprint density at radius 3 is 2.40 bits per heavy atom. The van der Waals surface area contributed by atoms with Crippen molar-refractivity contribution in [3.63, 3.8) is 0 Å². The molecule has 7 nitrogen and oxygen atoms in total. The Bertz CT molecular complexity index is 291. The molecule has 88 valence electrons. The number of nitrogens with one attached hydrogen (secondary N) is 1. The molecule has 8 heteroatoms. The largest absolute Gasteiger partial charge is 0.480 e. The van der Waals surface area contributed by atoms with Crippen LogP contribution < -0.4 is 5.32 Å². The second-order valence-corrected chi connectivity index (χ2v) is 5.01. The van der Waals surface area contributed by atoms with Gasteiger partial charge in [-0.25, -0.2) is 4.79 Å². The van der Waals surface area contributed by atoms with Crippen LogP contribution in [0.1, 0.15) is 13.3 Å². The van der Waals surface area contributed by atoms with E-state index in [4.69, 9.17) is 10.00 Å². The summed E-state index contributed by atoms with van der Waals surface area (Å²) in [6, 6.07) is -1.17. The van der Waals surface area contributed by atoms with E-state index in [9.17, 15) is 14.2 Å². The van der Waals surface area contributed by atoms with Crippen LogP contribution >= 0.6 is 7.60 Å². The third-order valence-electron chi connectivity index (χ3n) is 1.66. The molecule has 0 aliphatic carbocycles. The van der Waals surface area contributed by atoms with Crippen molar-refractivity contribution in [1.29, 1.82) is 0 Å². The minimum Gasteiger partial charge on any atom is -0.480 e. The van der Waals surface area contributed by atoms with E-state index in [1.165, 1.54) is 6.92 Å². The fourth-order valence-electron chi connectivity index (χ4n) is 0.886. The molecule has 2 unspecified atom stereocenters. The quantitative estimate of drug-likeness (QED) is 0.553. The normalized spacial score (nSPS) is 16.5. The zero-order chi connectivity index (χ0) is 12.1. The van der Waals surface area contributed by atoms with Crippen molar-refractivity contribution in [2.45, 2.75) is 19.4 Å². The fourth-order valence-corrected chi connectivity index (χ4v) is 1.65. The Balaban J connectivity index is 4.25. The SMILES string of the molecule is COP(=O)(O)CCC(NC(C)=O)C(=O)O.